The van der Waals surface area contributed by atoms with Crippen LogP contribution in [0.3, 0.4) is 0 Å². The highest BCUT2D eigenvalue weighted by Crippen LogP contribution is 2.27. The molecule has 0 unspecified atom stereocenters. The third-order valence-corrected chi connectivity index (χ3v) is 7.40. The number of benzene rings is 1. The van der Waals surface area contributed by atoms with Gasteiger partial charge in [0.25, 0.3) is 5.89 Å². The van der Waals surface area contributed by atoms with E-state index in [4.69, 9.17) is 9.15 Å². The van der Waals surface area contributed by atoms with Gasteiger partial charge in [-0.3, -0.25) is 19.4 Å². The molecule has 0 amide bonds. The number of hydrogen-bond donors (Lipinski definition) is 1. The van der Waals surface area contributed by atoms with Gasteiger partial charge in [0, 0.05) is 30.2 Å². The number of hydrogen-bond acceptors (Lipinski definition) is 8. The summed E-state index contributed by atoms with van der Waals surface area (Å²) in [5, 5.41) is 6.84. The maximum absolute atomic E-state index is 14.8. The first-order chi connectivity index (χ1) is 20.5. The number of H-pyrrole nitrogens is 1. The molecule has 4 aromatic heterocycles. The predicted molar refractivity (Wildman–Crippen MR) is 147 cm³/mol. The number of halogens is 3. The Labute approximate surface area is 238 Å². The molecule has 7 rings (SSSR count). The molecule has 2 aliphatic rings. The Balaban J connectivity index is 0.000000265. The summed E-state index contributed by atoms with van der Waals surface area (Å²) < 4.78 is 51.4. The third kappa shape index (κ3) is 5.97. The largest absolute Gasteiger partial charge is 0.415 e. The highest BCUT2D eigenvalue weighted by atomic mass is 19.3. The van der Waals surface area contributed by atoms with Gasteiger partial charge in [0.2, 0.25) is 5.89 Å². The maximum atomic E-state index is 14.8. The molecule has 0 bridgehead atoms. The molecular weight excluding hydrogens is 551 g/mol. The Hall–Kier alpha value is -4.36. The van der Waals surface area contributed by atoms with Crippen LogP contribution in [-0.2, 0) is 11.3 Å². The van der Waals surface area contributed by atoms with Crippen molar-refractivity contribution in [1.82, 2.24) is 34.6 Å². The second-order valence-electron chi connectivity index (χ2n) is 10.2. The van der Waals surface area contributed by atoms with Crippen LogP contribution >= 0.6 is 0 Å². The van der Waals surface area contributed by atoms with E-state index in [1.807, 2.05) is 0 Å². The van der Waals surface area contributed by atoms with Crippen LogP contribution in [0.2, 0.25) is 0 Å². The number of ether oxygens (including phenoxy) is 1. The Bertz CT molecular complexity index is 1690. The monoisotopic (exact) mass is 579 g/mol. The fourth-order valence-electron chi connectivity index (χ4n) is 5.05. The number of alkyl halides is 2. The summed E-state index contributed by atoms with van der Waals surface area (Å²) in [5.41, 5.74) is 2.27. The van der Waals surface area contributed by atoms with Crippen LogP contribution in [0.4, 0.5) is 13.2 Å². The molecule has 2 saturated heterocycles. The van der Waals surface area contributed by atoms with Gasteiger partial charge in [0.05, 0.1) is 48.1 Å². The zero-order valence-corrected chi connectivity index (χ0v) is 22.5. The fraction of sp³-hybridized carbons (Fsp3) is 0.345. The standard InChI is InChI=1S/C21H13F3N6O2.C8H15NO/c22-15-8-17-16(7-14(15)11-3-5-25-6-4-11)27-21(31)30(17)10-13-2-1-12(9-26-13)19-28-29-20(32-19)18(23)24;1-2-4-9(5-3-1)8-6-10-7-8/h1-9,18H,10H2,(H,27,31);8H,1-7H2. The van der Waals surface area contributed by atoms with Gasteiger partial charge in [-0.15, -0.1) is 10.2 Å². The SMILES string of the molecule is C1CCN(C2COC2)CC1.O=c1[nH]c2cc(-c3ccncc3)c(F)cc2n1Cc1ccc(-c2nnc(C(F)F)o2)cn1. The Morgan fingerprint density at radius 3 is 2.43 bits per heavy atom. The summed E-state index contributed by atoms with van der Waals surface area (Å²) in [6, 6.07) is 10.2. The van der Waals surface area contributed by atoms with Crippen LogP contribution in [0.5, 0.6) is 0 Å². The first-order valence-electron chi connectivity index (χ1n) is 13.7. The number of aromatic nitrogens is 6. The number of fused-ring (bicyclic) bond motifs is 1. The van der Waals surface area contributed by atoms with Gasteiger partial charge >= 0.3 is 12.1 Å². The third-order valence-electron chi connectivity index (χ3n) is 7.40. The first kappa shape index (κ1) is 27.8. The second-order valence-corrected chi connectivity index (χ2v) is 10.2. The highest BCUT2D eigenvalue weighted by molar-refractivity contribution is 5.82. The van der Waals surface area contributed by atoms with Gasteiger partial charge in [-0.1, -0.05) is 6.42 Å². The molecule has 6 heterocycles. The zero-order valence-electron chi connectivity index (χ0n) is 22.5. The molecule has 1 aromatic carbocycles. The molecule has 0 atom stereocenters. The van der Waals surface area contributed by atoms with E-state index in [1.165, 1.54) is 49.2 Å². The van der Waals surface area contributed by atoms with Gasteiger partial charge in [0.15, 0.2) is 0 Å². The number of rotatable bonds is 6. The number of nitrogens with zero attached hydrogens (tertiary/aromatic N) is 6. The molecule has 10 nitrogen and oxygen atoms in total. The Kier molecular flexibility index (Phi) is 8.11. The highest BCUT2D eigenvalue weighted by Gasteiger charge is 2.26. The average Bonchev–Trinajstić information content (AvgIpc) is 3.59. The minimum atomic E-state index is -2.86. The van der Waals surface area contributed by atoms with E-state index in [1.54, 1.807) is 42.7 Å². The molecule has 0 aliphatic carbocycles. The Morgan fingerprint density at radius 1 is 1.00 bits per heavy atom. The summed E-state index contributed by atoms with van der Waals surface area (Å²) in [4.78, 5) is 26.0. The van der Waals surface area contributed by atoms with Gasteiger partial charge in [0.1, 0.15) is 5.82 Å². The van der Waals surface area contributed by atoms with Crippen LogP contribution < -0.4 is 5.69 Å². The second kappa shape index (κ2) is 12.2. The van der Waals surface area contributed by atoms with E-state index in [9.17, 15) is 18.0 Å². The minimum absolute atomic E-state index is 0.0687. The normalized spacial score (nSPS) is 15.9. The number of imidazole rings is 1. The van der Waals surface area contributed by atoms with E-state index >= 15 is 0 Å². The van der Waals surface area contributed by atoms with Crippen LogP contribution in [-0.4, -0.2) is 67.0 Å². The molecule has 0 radical (unpaired) electrons. The van der Waals surface area contributed by atoms with Crippen molar-refractivity contribution < 1.29 is 22.3 Å². The smallest absolute Gasteiger partial charge is 0.326 e. The molecule has 2 aliphatic heterocycles. The molecule has 42 heavy (non-hydrogen) atoms. The van der Waals surface area contributed by atoms with Crippen LogP contribution in [0.1, 0.15) is 37.3 Å². The van der Waals surface area contributed by atoms with E-state index in [0.29, 0.717) is 33.4 Å². The van der Waals surface area contributed by atoms with E-state index < -0.39 is 23.8 Å². The van der Waals surface area contributed by atoms with E-state index in [-0.39, 0.29) is 12.4 Å². The molecule has 5 aromatic rings. The van der Waals surface area contributed by atoms with Crippen LogP contribution in [0.25, 0.3) is 33.6 Å². The van der Waals surface area contributed by atoms with Gasteiger partial charge < -0.3 is 14.1 Å². The number of piperidine rings is 1. The van der Waals surface area contributed by atoms with Crippen LogP contribution in [0.15, 0.2) is 64.2 Å². The lowest BCUT2D eigenvalue weighted by atomic mass is 10.1. The minimum Gasteiger partial charge on any atom is -0.415 e. The van der Waals surface area contributed by atoms with Crippen molar-refractivity contribution in [1.29, 1.82) is 0 Å². The predicted octanol–water partition coefficient (Wildman–Crippen LogP) is 4.83. The van der Waals surface area contributed by atoms with E-state index in [2.05, 4.69) is 30.0 Å². The van der Waals surface area contributed by atoms with Gasteiger partial charge in [-0.05, 0) is 61.8 Å². The maximum Gasteiger partial charge on any atom is 0.326 e. The van der Waals surface area contributed by atoms with E-state index in [0.717, 1.165) is 19.3 Å². The molecule has 1 N–H and O–H groups in total. The molecule has 2 fully saturated rings. The average molecular weight is 580 g/mol. The molecule has 13 heteroatoms. The van der Waals surface area contributed by atoms with Crippen molar-refractivity contribution in [3.63, 3.8) is 0 Å². The van der Waals surface area contributed by atoms with Crippen molar-refractivity contribution in [2.45, 2.75) is 38.3 Å². The zero-order chi connectivity index (χ0) is 29.1. The lowest BCUT2D eigenvalue weighted by Crippen LogP contribution is -2.50. The summed E-state index contributed by atoms with van der Waals surface area (Å²) in [7, 11) is 0. The molecule has 0 saturated carbocycles. The van der Waals surface area contributed by atoms with Crippen molar-refractivity contribution in [2.75, 3.05) is 26.3 Å². The molecule has 0 spiro atoms. The van der Waals surface area contributed by atoms with Crippen molar-refractivity contribution in [2.24, 2.45) is 0 Å². The number of aromatic amines is 1. The first-order valence-corrected chi connectivity index (χ1v) is 13.7. The summed E-state index contributed by atoms with van der Waals surface area (Å²) >= 11 is 0. The van der Waals surface area contributed by atoms with Gasteiger partial charge in [-0.25, -0.2) is 9.18 Å². The summed E-state index contributed by atoms with van der Waals surface area (Å²) in [5.74, 6) is -1.34. The number of pyridine rings is 2. The summed E-state index contributed by atoms with van der Waals surface area (Å²) in [6.07, 6.45) is 5.86. The van der Waals surface area contributed by atoms with Crippen molar-refractivity contribution >= 4 is 11.0 Å². The Morgan fingerprint density at radius 2 is 1.79 bits per heavy atom. The fourth-order valence-corrected chi connectivity index (χ4v) is 5.05. The quantitative estimate of drug-likeness (QED) is 0.304. The van der Waals surface area contributed by atoms with Gasteiger partial charge in [-0.2, -0.15) is 8.78 Å². The molecular formula is C29H28F3N7O3. The topological polar surface area (TPSA) is 115 Å². The lowest BCUT2D eigenvalue weighted by Gasteiger charge is -2.39. The number of likely N-dealkylation sites (tertiary alicyclic amines) is 1. The lowest BCUT2D eigenvalue weighted by molar-refractivity contribution is -0.0698. The number of nitrogens with one attached hydrogen (secondary N) is 1. The molecule has 218 valence electrons. The summed E-state index contributed by atoms with van der Waals surface area (Å²) in [6.45, 7) is 4.67. The van der Waals surface area contributed by atoms with Crippen molar-refractivity contribution in [3.05, 3.63) is 82.9 Å². The van der Waals surface area contributed by atoms with Crippen LogP contribution in [0, 0.1) is 5.82 Å². The van der Waals surface area contributed by atoms with Crippen molar-refractivity contribution in [3.8, 4) is 22.6 Å².